The smallest absolute Gasteiger partial charge is 0.367 e. The van der Waals surface area contributed by atoms with E-state index in [1.807, 2.05) is 6.92 Å². The van der Waals surface area contributed by atoms with E-state index in [-0.39, 0.29) is 67.9 Å². The van der Waals surface area contributed by atoms with Crippen molar-refractivity contribution >= 4 is 11.8 Å². The van der Waals surface area contributed by atoms with Crippen LogP contribution in [0.1, 0.15) is 30.3 Å². The first-order valence-corrected chi connectivity index (χ1v) is 11.3. The van der Waals surface area contributed by atoms with Crippen LogP contribution in [0.3, 0.4) is 0 Å². The van der Waals surface area contributed by atoms with E-state index in [9.17, 15) is 31.5 Å². The van der Waals surface area contributed by atoms with Gasteiger partial charge in [0.05, 0.1) is 18.3 Å². The maximum absolute atomic E-state index is 13.8. The molecular weight excluding hydrogens is 489 g/mol. The van der Waals surface area contributed by atoms with Crippen molar-refractivity contribution < 1.29 is 36.3 Å². The summed E-state index contributed by atoms with van der Waals surface area (Å²) in [5.41, 5.74) is 4.63. The largest absolute Gasteiger partial charge is 0.433 e. The predicted octanol–water partition coefficient (Wildman–Crippen LogP) is 2.29. The van der Waals surface area contributed by atoms with E-state index < -0.39 is 41.3 Å². The molecule has 1 saturated heterocycles. The van der Waals surface area contributed by atoms with Crippen molar-refractivity contribution in [1.82, 2.24) is 19.8 Å². The number of ether oxygens (including phenoxy) is 1. The number of hydrogen-bond donors (Lipinski definition) is 1. The minimum Gasteiger partial charge on any atom is -0.367 e. The molecule has 0 saturated carbocycles. The second-order valence-electron chi connectivity index (χ2n) is 8.90. The van der Waals surface area contributed by atoms with Crippen molar-refractivity contribution in [3.8, 4) is 11.4 Å². The Labute approximate surface area is 203 Å². The van der Waals surface area contributed by atoms with E-state index in [1.165, 1.54) is 9.80 Å². The van der Waals surface area contributed by atoms with Gasteiger partial charge < -0.3 is 20.3 Å². The molecule has 1 unspecified atom stereocenters. The molecule has 36 heavy (non-hydrogen) atoms. The fourth-order valence-electron chi connectivity index (χ4n) is 4.29. The third-order valence-corrected chi connectivity index (χ3v) is 6.08. The van der Waals surface area contributed by atoms with E-state index in [4.69, 9.17) is 10.5 Å². The summed E-state index contributed by atoms with van der Waals surface area (Å²) in [4.78, 5) is 35.5. The first kappa shape index (κ1) is 25.9. The van der Waals surface area contributed by atoms with Crippen LogP contribution < -0.4 is 5.73 Å². The molecule has 3 heterocycles. The highest BCUT2D eigenvalue weighted by Crippen LogP contribution is 2.35. The average molecular weight is 513 g/mol. The molecule has 2 atom stereocenters. The molecule has 2 aliphatic rings. The molecular formula is C23H24F5N5O3. The molecule has 2 amide bonds. The number of alkyl halides is 3. The number of morpholine rings is 1. The van der Waals surface area contributed by atoms with Gasteiger partial charge in [-0.05, 0) is 31.5 Å². The lowest BCUT2D eigenvalue weighted by molar-refractivity contribution is -0.148. The van der Waals surface area contributed by atoms with Crippen LogP contribution in [0.25, 0.3) is 11.4 Å². The van der Waals surface area contributed by atoms with Crippen molar-refractivity contribution in [2.24, 2.45) is 5.73 Å². The van der Waals surface area contributed by atoms with Crippen molar-refractivity contribution in [2.75, 3.05) is 26.2 Å². The number of amides is 2. The van der Waals surface area contributed by atoms with Crippen molar-refractivity contribution in [2.45, 2.75) is 44.6 Å². The standard InChI is InChI=1S/C23H24F5N5O3/c1-12-8-33(20(35)11-36-12)9-14(29)7-19(34)32-5-4-15-18(10-32)30-22(31-21(15)23(26,27)28)13-2-3-16(24)17(25)6-13/h2-3,6,12,14H,4-5,7-11,29H2,1H3/t12?,14-/m0/s1. The van der Waals surface area contributed by atoms with Gasteiger partial charge in [0.1, 0.15) is 6.61 Å². The highest BCUT2D eigenvalue weighted by atomic mass is 19.4. The van der Waals surface area contributed by atoms with Crippen LogP contribution in [0.5, 0.6) is 0 Å². The summed E-state index contributed by atoms with van der Waals surface area (Å²) in [6.45, 7) is 2.02. The Hall–Kier alpha value is -3.19. The molecule has 4 rings (SSSR count). The Morgan fingerprint density at radius 2 is 2.00 bits per heavy atom. The number of nitrogens with zero attached hydrogens (tertiary/aromatic N) is 4. The van der Waals surface area contributed by atoms with Crippen LogP contribution in [0.15, 0.2) is 18.2 Å². The maximum atomic E-state index is 13.8. The Morgan fingerprint density at radius 1 is 1.25 bits per heavy atom. The summed E-state index contributed by atoms with van der Waals surface area (Å²) in [6.07, 6.45) is -5.23. The third kappa shape index (κ3) is 5.62. The van der Waals surface area contributed by atoms with Gasteiger partial charge >= 0.3 is 6.18 Å². The predicted molar refractivity (Wildman–Crippen MR) is 116 cm³/mol. The number of benzene rings is 1. The minimum absolute atomic E-state index is 0.00301. The van der Waals surface area contributed by atoms with Gasteiger partial charge in [0.2, 0.25) is 11.8 Å². The number of fused-ring (bicyclic) bond motifs is 1. The van der Waals surface area contributed by atoms with E-state index in [0.29, 0.717) is 6.54 Å². The van der Waals surface area contributed by atoms with Gasteiger partial charge in [0.25, 0.3) is 0 Å². The van der Waals surface area contributed by atoms with E-state index in [0.717, 1.165) is 18.2 Å². The second kappa shape index (κ2) is 10.1. The number of hydrogen-bond acceptors (Lipinski definition) is 6. The number of aromatic nitrogens is 2. The molecule has 1 aromatic heterocycles. The van der Waals surface area contributed by atoms with Crippen LogP contribution in [0.4, 0.5) is 22.0 Å². The monoisotopic (exact) mass is 513 g/mol. The topological polar surface area (TPSA) is 102 Å². The lowest BCUT2D eigenvalue weighted by Crippen LogP contribution is -2.51. The van der Waals surface area contributed by atoms with Gasteiger partial charge in [-0.1, -0.05) is 0 Å². The van der Waals surface area contributed by atoms with Crippen molar-refractivity contribution in [3.63, 3.8) is 0 Å². The molecule has 2 aliphatic heterocycles. The number of nitrogens with two attached hydrogens (primary N) is 1. The zero-order chi connectivity index (χ0) is 26.2. The lowest BCUT2D eigenvalue weighted by atomic mass is 10.0. The van der Waals surface area contributed by atoms with Crippen LogP contribution in [-0.2, 0) is 33.5 Å². The third-order valence-electron chi connectivity index (χ3n) is 6.08. The summed E-state index contributed by atoms with van der Waals surface area (Å²) < 4.78 is 73.5. The molecule has 13 heteroatoms. The fourth-order valence-corrected chi connectivity index (χ4v) is 4.29. The fraction of sp³-hybridized carbons (Fsp3) is 0.478. The Bertz CT molecular complexity index is 1180. The number of halogens is 5. The average Bonchev–Trinajstić information content (AvgIpc) is 2.81. The summed E-state index contributed by atoms with van der Waals surface area (Å²) in [5, 5.41) is 0. The minimum atomic E-state index is -4.81. The van der Waals surface area contributed by atoms with E-state index in [1.54, 1.807) is 0 Å². The van der Waals surface area contributed by atoms with Gasteiger partial charge in [0.15, 0.2) is 23.2 Å². The maximum Gasteiger partial charge on any atom is 0.433 e. The number of carbonyl (C=O) groups is 2. The quantitative estimate of drug-likeness (QED) is 0.616. The molecule has 1 fully saturated rings. The van der Waals surface area contributed by atoms with Gasteiger partial charge in [0, 0.05) is 43.2 Å². The Balaban J connectivity index is 1.53. The summed E-state index contributed by atoms with van der Waals surface area (Å²) >= 11 is 0. The zero-order valence-corrected chi connectivity index (χ0v) is 19.3. The van der Waals surface area contributed by atoms with Crippen molar-refractivity contribution in [1.29, 1.82) is 0 Å². The Kier molecular flexibility index (Phi) is 7.23. The zero-order valence-electron chi connectivity index (χ0n) is 19.3. The van der Waals surface area contributed by atoms with E-state index in [2.05, 4.69) is 9.97 Å². The summed E-state index contributed by atoms with van der Waals surface area (Å²) in [5.74, 6) is -3.46. The Morgan fingerprint density at radius 3 is 2.69 bits per heavy atom. The molecule has 0 aliphatic carbocycles. The van der Waals surface area contributed by atoms with E-state index >= 15 is 0 Å². The van der Waals surface area contributed by atoms with Crippen LogP contribution in [-0.4, -0.2) is 70.0 Å². The summed E-state index contributed by atoms with van der Waals surface area (Å²) in [6, 6.07) is 1.90. The molecule has 0 spiro atoms. The number of rotatable bonds is 5. The van der Waals surface area contributed by atoms with Gasteiger partial charge in [-0.15, -0.1) is 0 Å². The highest BCUT2D eigenvalue weighted by molar-refractivity contribution is 5.79. The molecule has 8 nitrogen and oxygen atoms in total. The molecule has 2 N–H and O–H groups in total. The van der Waals surface area contributed by atoms with Crippen LogP contribution in [0.2, 0.25) is 0 Å². The molecule has 2 aromatic rings. The first-order chi connectivity index (χ1) is 16.9. The SMILES string of the molecule is CC1CN(C[C@@H](N)CC(=O)N2CCc3c(nc(-c4ccc(F)c(F)c4)nc3C(F)(F)F)C2)C(=O)CO1. The lowest BCUT2D eigenvalue weighted by Gasteiger charge is -2.34. The van der Waals surface area contributed by atoms with Crippen LogP contribution >= 0.6 is 0 Å². The van der Waals surface area contributed by atoms with Gasteiger partial charge in [-0.3, -0.25) is 9.59 Å². The normalized spacial score (nSPS) is 19.3. The first-order valence-electron chi connectivity index (χ1n) is 11.3. The van der Waals surface area contributed by atoms with Crippen molar-refractivity contribution in [3.05, 3.63) is 46.8 Å². The van der Waals surface area contributed by atoms with Crippen LogP contribution in [0, 0.1) is 11.6 Å². The second-order valence-corrected chi connectivity index (χ2v) is 8.90. The summed E-state index contributed by atoms with van der Waals surface area (Å²) in [7, 11) is 0. The molecule has 0 radical (unpaired) electrons. The molecule has 1 aromatic carbocycles. The van der Waals surface area contributed by atoms with Gasteiger partial charge in [-0.25, -0.2) is 18.7 Å². The van der Waals surface area contributed by atoms with Gasteiger partial charge in [-0.2, -0.15) is 13.2 Å². The highest BCUT2D eigenvalue weighted by Gasteiger charge is 2.39. The molecule has 0 bridgehead atoms. The number of carbonyl (C=O) groups excluding carboxylic acids is 2. The molecule has 194 valence electrons.